The zero-order valence-electron chi connectivity index (χ0n) is 12.7. The van der Waals surface area contributed by atoms with E-state index in [4.69, 9.17) is 5.21 Å². The highest BCUT2D eigenvalue weighted by atomic mass is 16.6. The fourth-order valence-electron chi connectivity index (χ4n) is 2.87. The number of benzene rings is 1. The van der Waals surface area contributed by atoms with Gasteiger partial charge in [0.25, 0.3) is 11.6 Å². The summed E-state index contributed by atoms with van der Waals surface area (Å²) in [4.78, 5) is 25.7. The molecule has 0 saturated heterocycles. The Kier molecular flexibility index (Phi) is 4.39. The summed E-state index contributed by atoms with van der Waals surface area (Å²) in [5.41, 5.74) is 4.22. The number of nitrogens with zero attached hydrogens (tertiary/aromatic N) is 2. The average molecular weight is 328 g/mol. The van der Waals surface area contributed by atoms with Gasteiger partial charge in [0, 0.05) is 17.7 Å². The van der Waals surface area contributed by atoms with Crippen LogP contribution >= 0.6 is 0 Å². The molecule has 24 heavy (non-hydrogen) atoms. The van der Waals surface area contributed by atoms with E-state index in [0.29, 0.717) is 17.8 Å². The predicted molar refractivity (Wildman–Crippen MR) is 86.0 cm³/mol. The van der Waals surface area contributed by atoms with Crippen LogP contribution in [-0.2, 0) is 12.8 Å². The molecule has 1 unspecified atom stereocenters. The molecule has 1 aliphatic carbocycles. The number of nitro groups is 1. The van der Waals surface area contributed by atoms with Crippen LogP contribution in [-0.4, -0.2) is 27.1 Å². The molecule has 3 rings (SSSR count). The maximum absolute atomic E-state index is 11.5. The van der Waals surface area contributed by atoms with Crippen molar-refractivity contribution in [2.75, 3.05) is 5.32 Å². The number of anilines is 1. The molecule has 0 saturated carbocycles. The number of nitrogens with one attached hydrogen (secondary N) is 2. The van der Waals surface area contributed by atoms with Crippen molar-refractivity contribution in [2.24, 2.45) is 0 Å². The van der Waals surface area contributed by atoms with E-state index in [0.717, 1.165) is 18.4 Å². The fourth-order valence-corrected chi connectivity index (χ4v) is 2.87. The number of aromatic nitrogens is 1. The molecule has 124 valence electrons. The van der Waals surface area contributed by atoms with Gasteiger partial charge in [-0.3, -0.25) is 20.1 Å². The molecule has 1 aromatic heterocycles. The number of hydroxylamine groups is 1. The first kappa shape index (κ1) is 15.9. The van der Waals surface area contributed by atoms with Crippen molar-refractivity contribution in [1.82, 2.24) is 10.5 Å². The van der Waals surface area contributed by atoms with E-state index < -0.39 is 10.8 Å². The van der Waals surface area contributed by atoms with Gasteiger partial charge in [0.15, 0.2) is 0 Å². The maximum atomic E-state index is 11.5. The summed E-state index contributed by atoms with van der Waals surface area (Å²) in [6, 6.07) is 8.49. The summed E-state index contributed by atoms with van der Waals surface area (Å²) < 4.78 is 0. The molecular formula is C16H16N4O4. The fraction of sp³-hybridized carbons (Fsp3) is 0.250. The first-order valence-electron chi connectivity index (χ1n) is 7.50. The molecule has 0 spiro atoms. The number of carbonyl (C=O) groups excluding carboxylic acids is 1. The Bertz CT molecular complexity index is 776. The van der Waals surface area contributed by atoms with Gasteiger partial charge in [-0.15, -0.1) is 0 Å². The van der Waals surface area contributed by atoms with Crippen molar-refractivity contribution in [3.63, 3.8) is 0 Å². The van der Waals surface area contributed by atoms with Crippen LogP contribution < -0.4 is 10.8 Å². The van der Waals surface area contributed by atoms with Gasteiger partial charge in [-0.25, -0.2) is 10.5 Å². The molecule has 0 bridgehead atoms. The molecule has 1 heterocycles. The highest BCUT2D eigenvalue weighted by Crippen LogP contribution is 2.25. The van der Waals surface area contributed by atoms with Gasteiger partial charge in [0.1, 0.15) is 12.0 Å². The standard InChI is InChI=1S/C16H16N4O4/c21-16(19-22)11-2-1-10-3-4-13(8-12(10)7-11)18-15-6-5-14(9-17-15)20(23)24/h1-2,5-7,9,13,22H,3-4,8H2,(H,17,18)(H,19,21). The van der Waals surface area contributed by atoms with Crippen molar-refractivity contribution in [3.8, 4) is 0 Å². The summed E-state index contributed by atoms with van der Waals surface area (Å²) >= 11 is 0. The Morgan fingerprint density at radius 1 is 1.29 bits per heavy atom. The summed E-state index contributed by atoms with van der Waals surface area (Å²) in [5, 5.41) is 22.6. The van der Waals surface area contributed by atoms with Gasteiger partial charge in [-0.05, 0) is 48.6 Å². The lowest BCUT2D eigenvalue weighted by Gasteiger charge is -2.26. The second kappa shape index (κ2) is 6.63. The summed E-state index contributed by atoms with van der Waals surface area (Å²) in [7, 11) is 0. The molecule has 1 amide bonds. The average Bonchev–Trinajstić information content (AvgIpc) is 2.61. The minimum Gasteiger partial charge on any atom is -0.367 e. The zero-order valence-corrected chi connectivity index (χ0v) is 12.7. The number of fused-ring (bicyclic) bond motifs is 1. The Balaban J connectivity index is 1.72. The Labute approximate surface area is 137 Å². The third-order valence-electron chi connectivity index (χ3n) is 4.11. The Hall–Kier alpha value is -3.00. The molecule has 1 aliphatic rings. The molecule has 8 heteroatoms. The predicted octanol–water partition coefficient (Wildman–Crippen LogP) is 2.08. The van der Waals surface area contributed by atoms with E-state index in [2.05, 4.69) is 10.3 Å². The van der Waals surface area contributed by atoms with E-state index in [1.165, 1.54) is 17.8 Å². The molecule has 0 aliphatic heterocycles. The molecule has 2 aromatic rings. The van der Waals surface area contributed by atoms with E-state index in [-0.39, 0.29) is 11.7 Å². The van der Waals surface area contributed by atoms with E-state index >= 15 is 0 Å². The quantitative estimate of drug-likeness (QED) is 0.449. The number of rotatable bonds is 4. The third-order valence-corrected chi connectivity index (χ3v) is 4.11. The maximum Gasteiger partial charge on any atom is 0.287 e. The van der Waals surface area contributed by atoms with Gasteiger partial charge in [-0.2, -0.15) is 0 Å². The number of hydrogen-bond acceptors (Lipinski definition) is 6. The van der Waals surface area contributed by atoms with Crippen LogP contribution in [0, 0.1) is 10.1 Å². The van der Waals surface area contributed by atoms with E-state index in [9.17, 15) is 14.9 Å². The minimum atomic E-state index is -0.537. The monoisotopic (exact) mass is 328 g/mol. The smallest absolute Gasteiger partial charge is 0.287 e. The highest BCUT2D eigenvalue weighted by molar-refractivity contribution is 5.93. The normalized spacial score (nSPS) is 16.1. The number of carbonyl (C=O) groups is 1. The number of pyridine rings is 1. The number of amides is 1. The molecule has 1 aromatic carbocycles. The van der Waals surface area contributed by atoms with Crippen molar-refractivity contribution in [3.05, 3.63) is 63.3 Å². The van der Waals surface area contributed by atoms with Crippen LogP contribution in [0.4, 0.5) is 11.5 Å². The van der Waals surface area contributed by atoms with Gasteiger partial charge >= 0.3 is 0 Å². The third kappa shape index (κ3) is 3.33. The van der Waals surface area contributed by atoms with Crippen LogP contribution in [0.3, 0.4) is 0 Å². The second-order valence-corrected chi connectivity index (χ2v) is 5.67. The molecule has 0 radical (unpaired) electrons. The van der Waals surface area contributed by atoms with E-state index in [1.807, 2.05) is 6.07 Å². The topological polar surface area (TPSA) is 117 Å². The Morgan fingerprint density at radius 2 is 2.12 bits per heavy atom. The molecule has 1 atom stereocenters. The second-order valence-electron chi connectivity index (χ2n) is 5.67. The van der Waals surface area contributed by atoms with Gasteiger partial charge in [0.2, 0.25) is 0 Å². The molecule has 0 fully saturated rings. The van der Waals surface area contributed by atoms with Crippen LogP contribution in [0.15, 0.2) is 36.5 Å². The largest absolute Gasteiger partial charge is 0.367 e. The minimum absolute atomic E-state index is 0.0470. The lowest BCUT2D eigenvalue weighted by molar-refractivity contribution is -0.385. The van der Waals surface area contributed by atoms with E-state index in [1.54, 1.807) is 23.7 Å². The number of hydrogen-bond donors (Lipinski definition) is 3. The summed E-state index contributed by atoms with van der Waals surface area (Å²) in [6.07, 6.45) is 3.70. The lowest BCUT2D eigenvalue weighted by atomic mass is 9.87. The zero-order chi connectivity index (χ0) is 17.1. The van der Waals surface area contributed by atoms with Crippen molar-refractivity contribution >= 4 is 17.4 Å². The first-order chi connectivity index (χ1) is 11.6. The van der Waals surface area contributed by atoms with Gasteiger partial charge < -0.3 is 5.32 Å². The van der Waals surface area contributed by atoms with Crippen LogP contribution in [0.1, 0.15) is 27.9 Å². The van der Waals surface area contributed by atoms with Crippen LogP contribution in [0.2, 0.25) is 0 Å². The van der Waals surface area contributed by atoms with Crippen molar-refractivity contribution < 1.29 is 14.9 Å². The van der Waals surface area contributed by atoms with Crippen LogP contribution in [0.5, 0.6) is 0 Å². The molecular weight excluding hydrogens is 312 g/mol. The first-order valence-corrected chi connectivity index (χ1v) is 7.50. The molecule has 8 nitrogen and oxygen atoms in total. The van der Waals surface area contributed by atoms with Gasteiger partial charge in [-0.1, -0.05) is 6.07 Å². The van der Waals surface area contributed by atoms with Crippen molar-refractivity contribution in [1.29, 1.82) is 0 Å². The summed E-state index contributed by atoms with van der Waals surface area (Å²) in [5.74, 6) is 0.0447. The van der Waals surface area contributed by atoms with Gasteiger partial charge in [0.05, 0.1) is 4.92 Å². The Morgan fingerprint density at radius 3 is 2.79 bits per heavy atom. The molecule has 3 N–H and O–H groups in total. The van der Waals surface area contributed by atoms with Crippen LogP contribution in [0.25, 0.3) is 0 Å². The SMILES string of the molecule is O=C(NO)c1ccc2c(c1)CC(Nc1ccc([N+](=O)[O-])cn1)CC2. The highest BCUT2D eigenvalue weighted by Gasteiger charge is 2.20. The lowest BCUT2D eigenvalue weighted by Crippen LogP contribution is -2.28. The van der Waals surface area contributed by atoms with Crippen molar-refractivity contribution in [2.45, 2.75) is 25.3 Å². The summed E-state index contributed by atoms with van der Waals surface area (Å²) in [6.45, 7) is 0. The number of aryl methyl sites for hydroxylation is 1.